The van der Waals surface area contributed by atoms with Crippen LogP contribution in [0.25, 0.3) is 0 Å². The highest BCUT2D eigenvalue weighted by atomic mass is 19.1. The van der Waals surface area contributed by atoms with Crippen LogP contribution in [0, 0.1) is 27.8 Å². The third-order valence-corrected chi connectivity index (χ3v) is 4.10. The molecule has 2 atom stereocenters. The molecule has 1 amide bonds. The molecule has 0 spiro atoms. The van der Waals surface area contributed by atoms with Gasteiger partial charge in [0.25, 0.3) is 11.6 Å². The molecule has 2 unspecified atom stereocenters. The molecule has 1 saturated heterocycles. The fourth-order valence-electron chi connectivity index (χ4n) is 2.60. The van der Waals surface area contributed by atoms with Crippen LogP contribution in [0.5, 0.6) is 0 Å². The Morgan fingerprint density at radius 3 is 2.86 bits per heavy atom. The Balaban J connectivity index is 2.18. The zero-order valence-corrected chi connectivity index (χ0v) is 11.8. The summed E-state index contributed by atoms with van der Waals surface area (Å²) in [7, 11) is 0. The van der Waals surface area contributed by atoms with Crippen molar-refractivity contribution in [3.8, 4) is 0 Å². The second-order valence-corrected chi connectivity index (χ2v) is 5.43. The van der Waals surface area contributed by atoms with E-state index in [4.69, 9.17) is 5.73 Å². The standard InChI is InChI=1S/C14H18FN3O3/c1-9-4-5-17(8-10(9)7-16)14(19)12-3-2-11(18(20)21)6-13(12)15/h2-3,6,9-10H,4-5,7-8,16H2,1H3. The first-order valence-electron chi connectivity index (χ1n) is 6.87. The lowest BCUT2D eigenvalue weighted by atomic mass is 9.87. The molecular weight excluding hydrogens is 277 g/mol. The second-order valence-electron chi connectivity index (χ2n) is 5.43. The first-order chi connectivity index (χ1) is 9.93. The highest BCUT2D eigenvalue weighted by molar-refractivity contribution is 5.94. The van der Waals surface area contributed by atoms with Gasteiger partial charge in [0.15, 0.2) is 0 Å². The number of carbonyl (C=O) groups is 1. The summed E-state index contributed by atoms with van der Waals surface area (Å²) < 4.78 is 13.9. The normalized spacial score (nSPS) is 22.1. The zero-order chi connectivity index (χ0) is 15.6. The van der Waals surface area contributed by atoms with Crippen molar-refractivity contribution in [3.05, 3.63) is 39.7 Å². The van der Waals surface area contributed by atoms with Gasteiger partial charge in [-0.15, -0.1) is 0 Å². The number of benzene rings is 1. The molecular formula is C14H18FN3O3. The number of nitro groups is 1. The van der Waals surface area contributed by atoms with Gasteiger partial charge in [0.2, 0.25) is 0 Å². The minimum Gasteiger partial charge on any atom is -0.338 e. The van der Waals surface area contributed by atoms with E-state index in [0.29, 0.717) is 25.6 Å². The van der Waals surface area contributed by atoms with Crippen molar-refractivity contribution in [1.82, 2.24) is 4.90 Å². The molecule has 1 fully saturated rings. The van der Waals surface area contributed by atoms with Crippen molar-refractivity contribution < 1.29 is 14.1 Å². The highest BCUT2D eigenvalue weighted by Gasteiger charge is 2.29. The Kier molecular flexibility index (Phi) is 4.52. The highest BCUT2D eigenvalue weighted by Crippen LogP contribution is 2.25. The fourth-order valence-corrected chi connectivity index (χ4v) is 2.60. The van der Waals surface area contributed by atoms with Gasteiger partial charge < -0.3 is 10.6 Å². The van der Waals surface area contributed by atoms with E-state index in [0.717, 1.165) is 18.6 Å². The number of nitro benzene ring substituents is 1. The molecule has 21 heavy (non-hydrogen) atoms. The molecule has 114 valence electrons. The number of nitrogens with zero attached hydrogens (tertiary/aromatic N) is 2. The van der Waals surface area contributed by atoms with Crippen LogP contribution in [0.4, 0.5) is 10.1 Å². The van der Waals surface area contributed by atoms with Crippen LogP contribution in [-0.4, -0.2) is 35.4 Å². The number of amides is 1. The topological polar surface area (TPSA) is 89.5 Å². The van der Waals surface area contributed by atoms with Crippen LogP contribution in [0.1, 0.15) is 23.7 Å². The van der Waals surface area contributed by atoms with Crippen molar-refractivity contribution in [2.45, 2.75) is 13.3 Å². The summed E-state index contributed by atoms with van der Waals surface area (Å²) in [5, 5.41) is 10.6. The van der Waals surface area contributed by atoms with Crippen molar-refractivity contribution in [2.75, 3.05) is 19.6 Å². The monoisotopic (exact) mass is 295 g/mol. The molecule has 1 aromatic rings. The van der Waals surface area contributed by atoms with E-state index in [-0.39, 0.29) is 17.2 Å². The summed E-state index contributed by atoms with van der Waals surface area (Å²) in [6.45, 7) is 3.61. The predicted octanol–water partition coefficient (Wildman–Crippen LogP) is 1.79. The number of hydrogen-bond donors (Lipinski definition) is 1. The Bertz CT molecular complexity index is 564. The van der Waals surface area contributed by atoms with Crippen molar-refractivity contribution >= 4 is 11.6 Å². The first kappa shape index (κ1) is 15.4. The van der Waals surface area contributed by atoms with Gasteiger partial charge in [-0.1, -0.05) is 6.92 Å². The summed E-state index contributed by atoms with van der Waals surface area (Å²) in [5.74, 6) is -0.672. The molecule has 1 aliphatic rings. The maximum atomic E-state index is 13.9. The molecule has 0 bridgehead atoms. The van der Waals surface area contributed by atoms with Gasteiger partial charge in [-0.25, -0.2) is 4.39 Å². The Hall–Kier alpha value is -2.02. The van der Waals surface area contributed by atoms with Crippen molar-refractivity contribution in [2.24, 2.45) is 17.6 Å². The van der Waals surface area contributed by atoms with Crippen molar-refractivity contribution in [3.63, 3.8) is 0 Å². The molecule has 0 aromatic heterocycles. The van der Waals surface area contributed by atoms with E-state index >= 15 is 0 Å². The molecule has 1 aromatic carbocycles. The van der Waals surface area contributed by atoms with Crippen molar-refractivity contribution in [1.29, 1.82) is 0 Å². The van der Waals surface area contributed by atoms with Gasteiger partial charge in [-0.3, -0.25) is 14.9 Å². The lowest BCUT2D eigenvalue weighted by Gasteiger charge is -2.36. The molecule has 2 N–H and O–H groups in total. The number of nitrogens with two attached hydrogens (primary N) is 1. The predicted molar refractivity (Wildman–Crippen MR) is 75.3 cm³/mol. The van der Waals surface area contributed by atoms with Crippen LogP contribution in [0.3, 0.4) is 0 Å². The fraction of sp³-hybridized carbons (Fsp3) is 0.500. The molecule has 0 aliphatic carbocycles. The van der Waals surface area contributed by atoms with Crippen LogP contribution >= 0.6 is 0 Å². The van der Waals surface area contributed by atoms with E-state index in [2.05, 4.69) is 6.92 Å². The van der Waals surface area contributed by atoms with E-state index in [1.807, 2.05) is 0 Å². The molecule has 1 aliphatic heterocycles. The van der Waals surface area contributed by atoms with Crippen LogP contribution in [0.2, 0.25) is 0 Å². The number of piperidine rings is 1. The average Bonchev–Trinajstić information content (AvgIpc) is 2.46. The molecule has 6 nitrogen and oxygen atoms in total. The number of non-ortho nitro benzene ring substituents is 1. The van der Waals surface area contributed by atoms with Gasteiger partial charge >= 0.3 is 0 Å². The van der Waals surface area contributed by atoms with Gasteiger partial charge in [0.1, 0.15) is 5.82 Å². The van der Waals surface area contributed by atoms with E-state index < -0.39 is 16.6 Å². The summed E-state index contributed by atoms with van der Waals surface area (Å²) in [6.07, 6.45) is 0.822. The van der Waals surface area contributed by atoms with Crippen LogP contribution < -0.4 is 5.73 Å². The number of halogens is 1. The number of likely N-dealkylation sites (tertiary alicyclic amines) is 1. The summed E-state index contributed by atoms with van der Waals surface area (Å²) >= 11 is 0. The average molecular weight is 295 g/mol. The lowest BCUT2D eigenvalue weighted by Crippen LogP contribution is -2.45. The maximum absolute atomic E-state index is 13.9. The summed E-state index contributed by atoms with van der Waals surface area (Å²) in [4.78, 5) is 23.8. The largest absolute Gasteiger partial charge is 0.338 e. The zero-order valence-electron chi connectivity index (χ0n) is 11.8. The number of rotatable bonds is 3. The Morgan fingerprint density at radius 2 is 2.29 bits per heavy atom. The summed E-state index contributed by atoms with van der Waals surface area (Å²) in [5.41, 5.74) is 5.19. The minimum atomic E-state index is -0.864. The van der Waals surface area contributed by atoms with Gasteiger partial charge in [0.05, 0.1) is 16.6 Å². The number of carbonyl (C=O) groups excluding carboxylic acids is 1. The van der Waals surface area contributed by atoms with Gasteiger partial charge in [-0.05, 0) is 30.9 Å². The minimum absolute atomic E-state index is 0.133. The lowest BCUT2D eigenvalue weighted by molar-refractivity contribution is -0.385. The Labute approximate surface area is 121 Å². The maximum Gasteiger partial charge on any atom is 0.272 e. The van der Waals surface area contributed by atoms with E-state index in [1.54, 1.807) is 4.90 Å². The van der Waals surface area contributed by atoms with E-state index in [9.17, 15) is 19.3 Å². The smallest absolute Gasteiger partial charge is 0.272 e. The quantitative estimate of drug-likeness (QED) is 0.680. The third-order valence-electron chi connectivity index (χ3n) is 4.10. The third kappa shape index (κ3) is 3.18. The SMILES string of the molecule is CC1CCN(C(=O)c2ccc([N+](=O)[O-])cc2F)CC1CN. The van der Waals surface area contributed by atoms with Gasteiger partial charge in [0, 0.05) is 19.2 Å². The van der Waals surface area contributed by atoms with Crippen LogP contribution in [0.15, 0.2) is 18.2 Å². The second kappa shape index (κ2) is 6.17. The molecule has 7 heteroatoms. The molecule has 2 rings (SSSR count). The number of hydrogen-bond acceptors (Lipinski definition) is 4. The molecule has 0 radical (unpaired) electrons. The van der Waals surface area contributed by atoms with E-state index in [1.165, 1.54) is 6.07 Å². The summed E-state index contributed by atoms with van der Waals surface area (Å²) in [6, 6.07) is 3.09. The molecule has 1 heterocycles. The Morgan fingerprint density at radius 1 is 1.57 bits per heavy atom. The first-order valence-corrected chi connectivity index (χ1v) is 6.87. The van der Waals surface area contributed by atoms with Gasteiger partial charge in [-0.2, -0.15) is 0 Å². The molecule has 0 saturated carbocycles. The van der Waals surface area contributed by atoms with Crippen LogP contribution in [-0.2, 0) is 0 Å².